The Kier molecular flexibility index (Phi) is 4.94. The number of nitrogens with zero attached hydrogens (tertiary/aromatic N) is 3. The van der Waals surface area contributed by atoms with E-state index in [9.17, 15) is 9.90 Å². The van der Waals surface area contributed by atoms with Crippen molar-refractivity contribution in [2.75, 3.05) is 19.6 Å². The van der Waals surface area contributed by atoms with Gasteiger partial charge in [0.25, 0.3) is 5.91 Å². The van der Waals surface area contributed by atoms with Crippen molar-refractivity contribution in [1.82, 2.24) is 4.57 Å². The van der Waals surface area contributed by atoms with Crippen LogP contribution in [0.2, 0.25) is 0 Å². The van der Waals surface area contributed by atoms with E-state index in [1.165, 1.54) is 4.90 Å². The molecule has 1 aliphatic rings. The van der Waals surface area contributed by atoms with Crippen LogP contribution in [-0.4, -0.2) is 35.2 Å². The van der Waals surface area contributed by atoms with Gasteiger partial charge in [-0.15, -0.1) is 10.2 Å². The molecule has 0 aliphatic heterocycles. The van der Waals surface area contributed by atoms with Crippen LogP contribution in [0.4, 0.5) is 5.69 Å². The predicted octanol–water partition coefficient (Wildman–Crippen LogP) is 2.29. The molecule has 6 nitrogen and oxygen atoms in total. The molecule has 2 N–H and O–H groups in total. The Morgan fingerprint density at radius 1 is 1.29 bits per heavy atom. The molecule has 3 rings (SSSR count). The van der Waals surface area contributed by atoms with Gasteiger partial charge >= 0.3 is 0 Å². The number of hydrogen-bond donors (Lipinski definition) is 2. The molecule has 0 radical (unpaired) electrons. The van der Waals surface area contributed by atoms with Gasteiger partial charge in [-0.05, 0) is 32.8 Å². The second kappa shape index (κ2) is 7.13. The molecular formula is C18H25N4O2+. The van der Waals surface area contributed by atoms with Crippen molar-refractivity contribution >= 4 is 22.5 Å². The maximum Gasteiger partial charge on any atom is 0.267 e. The van der Waals surface area contributed by atoms with Crippen LogP contribution in [0.25, 0.3) is 10.9 Å². The summed E-state index contributed by atoms with van der Waals surface area (Å²) < 4.78 is 1.87. The zero-order valence-corrected chi connectivity index (χ0v) is 14.3. The maximum atomic E-state index is 11.8. The molecule has 0 spiro atoms. The SMILES string of the molecule is CC[NH+](CC)CCn1c(O)c(N=NC(=O)C2CC2)c2ccccc21. The Bertz CT molecular complexity index is 758. The van der Waals surface area contributed by atoms with Gasteiger partial charge in [0.15, 0.2) is 5.69 Å². The Morgan fingerprint density at radius 2 is 2.00 bits per heavy atom. The van der Waals surface area contributed by atoms with Gasteiger partial charge in [0.2, 0.25) is 5.88 Å². The third kappa shape index (κ3) is 3.33. The van der Waals surface area contributed by atoms with Crippen LogP contribution in [-0.2, 0) is 11.3 Å². The predicted molar refractivity (Wildman–Crippen MR) is 92.8 cm³/mol. The van der Waals surface area contributed by atoms with E-state index in [0.717, 1.165) is 43.4 Å². The van der Waals surface area contributed by atoms with E-state index in [2.05, 4.69) is 24.1 Å². The van der Waals surface area contributed by atoms with Crippen molar-refractivity contribution in [3.05, 3.63) is 24.3 Å². The first-order chi connectivity index (χ1) is 11.7. The highest BCUT2D eigenvalue weighted by molar-refractivity contribution is 5.95. The van der Waals surface area contributed by atoms with E-state index >= 15 is 0 Å². The van der Waals surface area contributed by atoms with Crippen molar-refractivity contribution < 1.29 is 14.8 Å². The van der Waals surface area contributed by atoms with E-state index < -0.39 is 0 Å². The Hall–Kier alpha value is -2.21. The van der Waals surface area contributed by atoms with Crippen LogP contribution >= 0.6 is 0 Å². The number of para-hydroxylation sites is 1. The Balaban J connectivity index is 1.91. The number of aromatic hydroxyl groups is 1. The first-order valence-electron chi connectivity index (χ1n) is 8.75. The molecule has 6 heteroatoms. The molecule has 0 bridgehead atoms. The highest BCUT2D eigenvalue weighted by atomic mass is 16.3. The molecule has 2 aromatic rings. The van der Waals surface area contributed by atoms with E-state index in [4.69, 9.17) is 0 Å². The summed E-state index contributed by atoms with van der Waals surface area (Å²) in [6.45, 7) is 8.06. The summed E-state index contributed by atoms with van der Waals surface area (Å²) in [5.41, 5.74) is 1.32. The molecule has 1 aromatic heterocycles. The van der Waals surface area contributed by atoms with Gasteiger partial charge in [0.05, 0.1) is 31.7 Å². The number of quaternary nitrogens is 1. The van der Waals surface area contributed by atoms with E-state index in [1.807, 2.05) is 28.8 Å². The van der Waals surface area contributed by atoms with Crippen LogP contribution < -0.4 is 4.90 Å². The third-order valence-electron chi connectivity index (χ3n) is 4.78. The van der Waals surface area contributed by atoms with Crippen LogP contribution in [0.5, 0.6) is 5.88 Å². The minimum absolute atomic E-state index is 0.0375. The first-order valence-corrected chi connectivity index (χ1v) is 8.75. The molecular weight excluding hydrogens is 304 g/mol. The van der Waals surface area contributed by atoms with Gasteiger partial charge < -0.3 is 14.6 Å². The Labute approximate surface area is 141 Å². The van der Waals surface area contributed by atoms with Crippen molar-refractivity contribution in [2.24, 2.45) is 16.1 Å². The molecule has 0 atom stereocenters. The first kappa shape index (κ1) is 16.6. The molecule has 24 heavy (non-hydrogen) atoms. The topological polar surface area (TPSA) is 71.4 Å². The molecule has 0 unspecified atom stereocenters. The number of carbonyl (C=O) groups is 1. The number of azo groups is 1. The second-order valence-corrected chi connectivity index (χ2v) is 6.36. The number of fused-ring (bicyclic) bond motifs is 1. The van der Waals surface area contributed by atoms with Gasteiger partial charge in [-0.2, -0.15) is 0 Å². The summed E-state index contributed by atoms with van der Waals surface area (Å²) in [7, 11) is 0. The number of likely N-dealkylation sites (N-methyl/N-ethyl adjacent to an activating group) is 1. The highest BCUT2D eigenvalue weighted by Crippen LogP contribution is 2.39. The maximum absolute atomic E-state index is 11.8. The summed E-state index contributed by atoms with van der Waals surface area (Å²) in [4.78, 5) is 13.2. The highest BCUT2D eigenvalue weighted by Gasteiger charge is 2.30. The number of aromatic nitrogens is 1. The van der Waals surface area contributed by atoms with Crippen molar-refractivity contribution in [1.29, 1.82) is 0 Å². The number of amides is 1. The third-order valence-corrected chi connectivity index (χ3v) is 4.78. The average Bonchev–Trinajstić information content (AvgIpc) is 3.41. The number of benzene rings is 1. The lowest BCUT2D eigenvalue weighted by atomic mass is 10.2. The largest absolute Gasteiger partial charge is 0.493 e. The van der Waals surface area contributed by atoms with Gasteiger partial charge in [0, 0.05) is 11.3 Å². The van der Waals surface area contributed by atoms with Gasteiger partial charge in [-0.1, -0.05) is 18.2 Å². The molecule has 1 amide bonds. The molecule has 1 aliphatic carbocycles. The fourth-order valence-electron chi connectivity index (χ4n) is 2.98. The molecule has 1 heterocycles. The van der Waals surface area contributed by atoms with Crippen LogP contribution in [0, 0.1) is 5.92 Å². The fourth-order valence-corrected chi connectivity index (χ4v) is 2.98. The monoisotopic (exact) mass is 329 g/mol. The summed E-state index contributed by atoms with van der Waals surface area (Å²) in [5, 5.41) is 19.4. The minimum atomic E-state index is -0.182. The van der Waals surface area contributed by atoms with E-state index in [1.54, 1.807) is 0 Å². The van der Waals surface area contributed by atoms with E-state index in [-0.39, 0.29) is 17.7 Å². The zero-order chi connectivity index (χ0) is 17.1. The number of carbonyl (C=O) groups excluding carboxylic acids is 1. The van der Waals surface area contributed by atoms with Crippen molar-refractivity contribution in [3.63, 3.8) is 0 Å². The van der Waals surface area contributed by atoms with E-state index in [0.29, 0.717) is 12.2 Å². The van der Waals surface area contributed by atoms with Gasteiger partial charge in [0.1, 0.15) is 0 Å². The van der Waals surface area contributed by atoms with Crippen LogP contribution in [0.3, 0.4) is 0 Å². The minimum Gasteiger partial charge on any atom is -0.493 e. The molecule has 128 valence electrons. The lowest BCUT2D eigenvalue weighted by Gasteiger charge is -2.16. The Morgan fingerprint density at radius 3 is 2.67 bits per heavy atom. The molecule has 1 saturated carbocycles. The number of hydrogen-bond acceptors (Lipinski definition) is 3. The lowest BCUT2D eigenvalue weighted by Crippen LogP contribution is -3.11. The quantitative estimate of drug-likeness (QED) is 0.765. The summed E-state index contributed by atoms with van der Waals surface area (Å²) in [6, 6.07) is 7.72. The summed E-state index contributed by atoms with van der Waals surface area (Å²) in [6.07, 6.45) is 1.80. The molecule has 1 aromatic carbocycles. The van der Waals surface area contributed by atoms with Crippen LogP contribution in [0.15, 0.2) is 34.5 Å². The molecule has 0 saturated heterocycles. The fraction of sp³-hybridized carbons (Fsp3) is 0.500. The normalized spacial score (nSPS) is 15.0. The number of rotatable bonds is 7. The molecule has 1 fully saturated rings. The summed E-state index contributed by atoms with van der Waals surface area (Å²) >= 11 is 0. The lowest BCUT2D eigenvalue weighted by molar-refractivity contribution is -0.897. The van der Waals surface area contributed by atoms with Crippen molar-refractivity contribution in [3.8, 4) is 5.88 Å². The zero-order valence-electron chi connectivity index (χ0n) is 14.3. The van der Waals surface area contributed by atoms with Crippen molar-refractivity contribution in [2.45, 2.75) is 33.2 Å². The van der Waals surface area contributed by atoms with Gasteiger partial charge in [-0.25, -0.2) is 0 Å². The second-order valence-electron chi connectivity index (χ2n) is 6.36. The summed E-state index contributed by atoms with van der Waals surface area (Å²) in [5.74, 6) is -0.0515. The average molecular weight is 329 g/mol. The van der Waals surface area contributed by atoms with Gasteiger partial charge in [-0.3, -0.25) is 4.79 Å². The smallest absolute Gasteiger partial charge is 0.267 e. The standard InChI is InChI=1S/C18H24N4O2/c1-3-21(4-2)11-12-22-15-8-6-5-7-14(15)16(18(22)24)19-20-17(23)13-9-10-13/h5-8,13,24H,3-4,9-12H2,1-2H3/p+1. The number of nitrogens with one attached hydrogen (secondary N) is 1. The van der Waals surface area contributed by atoms with Crippen LogP contribution in [0.1, 0.15) is 26.7 Å².